The Morgan fingerprint density at radius 2 is 1.74 bits per heavy atom. The van der Waals surface area contributed by atoms with Gasteiger partial charge in [-0.3, -0.25) is 4.79 Å². The molecule has 0 spiro atoms. The van der Waals surface area contributed by atoms with Crippen molar-refractivity contribution in [3.63, 3.8) is 0 Å². The van der Waals surface area contributed by atoms with Crippen molar-refractivity contribution in [1.82, 2.24) is 0 Å². The molecule has 0 atom stereocenters. The van der Waals surface area contributed by atoms with Crippen molar-refractivity contribution in [2.45, 2.75) is 6.42 Å². The van der Waals surface area contributed by atoms with Crippen LogP contribution in [0.5, 0.6) is 17.2 Å². The summed E-state index contributed by atoms with van der Waals surface area (Å²) < 4.78 is 28.8. The van der Waals surface area contributed by atoms with Crippen LogP contribution in [0.1, 0.15) is 5.56 Å². The molecule has 0 saturated carbocycles. The fourth-order valence-corrected chi connectivity index (χ4v) is 2.15. The summed E-state index contributed by atoms with van der Waals surface area (Å²) >= 11 is 0. The normalized spacial score (nSPS) is 10.1. The van der Waals surface area contributed by atoms with Gasteiger partial charge in [0, 0.05) is 11.6 Å². The zero-order chi connectivity index (χ0) is 16.8. The predicted molar refractivity (Wildman–Crippen MR) is 84.8 cm³/mol. The van der Waals surface area contributed by atoms with Gasteiger partial charge in [-0.2, -0.15) is 0 Å². The lowest BCUT2D eigenvalue weighted by atomic mass is 10.1. The Hall–Kier alpha value is -2.76. The number of hydrogen-bond acceptors (Lipinski definition) is 4. The zero-order valence-electron chi connectivity index (χ0n) is 13.2. The van der Waals surface area contributed by atoms with Crippen molar-refractivity contribution in [3.8, 4) is 17.2 Å². The largest absolute Gasteiger partial charge is 0.497 e. The molecule has 0 unspecified atom stereocenters. The molecule has 1 amide bonds. The molecule has 0 aliphatic carbocycles. The van der Waals surface area contributed by atoms with Crippen LogP contribution in [0.3, 0.4) is 0 Å². The summed E-state index contributed by atoms with van der Waals surface area (Å²) in [5, 5.41) is 2.73. The van der Waals surface area contributed by atoms with E-state index in [1.54, 1.807) is 25.3 Å². The van der Waals surface area contributed by atoms with Gasteiger partial charge < -0.3 is 19.5 Å². The average molecular weight is 319 g/mol. The predicted octanol–water partition coefficient (Wildman–Crippen LogP) is 3.03. The number of hydrogen-bond donors (Lipinski definition) is 1. The van der Waals surface area contributed by atoms with Crippen LogP contribution in [0.25, 0.3) is 0 Å². The number of nitrogens with one attached hydrogen (secondary N) is 1. The highest BCUT2D eigenvalue weighted by atomic mass is 19.1. The minimum absolute atomic E-state index is 0.0177. The van der Waals surface area contributed by atoms with Gasteiger partial charge in [-0.15, -0.1) is 0 Å². The summed E-state index contributed by atoms with van der Waals surface area (Å²) in [6.45, 7) is 0. The third-order valence-corrected chi connectivity index (χ3v) is 3.28. The van der Waals surface area contributed by atoms with Crippen molar-refractivity contribution in [2.24, 2.45) is 0 Å². The molecule has 0 fully saturated rings. The third kappa shape index (κ3) is 4.12. The maximum atomic E-state index is 13.3. The van der Waals surface area contributed by atoms with Gasteiger partial charge in [0.2, 0.25) is 5.91 Å². The highest BCUT2D eigenvalue weighted by Crippen LogP contribution is 2.29. The molecule has 0 aromatic heterocycles. The molecule has 0 bridgehead atoms. The van der Waals surface area contributed by atoms with Crippen molar-refractivity contribution < 1.29 is 23.4 Å². The van der Waals surface area contributed by atoms with Crippen molar-refractivity contribution in [3.05, 3.63) is 47.8 Å². The van der Waals surface area contributed by atoms with Gasteiger partial charge in [-0.1, -0.05) is 0 Å². The highest BCUT2D eigenvalue weighted by Gasteiger charge is 2.13. The molecule has 23 heavy (non-hydrogen) atoms. The van der Waals surface area contributed by atoms with E-state index >= 15 is 0 Å². The Bertz CT molecular complexity index is 703. The molecule has 6 heteroatoms. The number of methoxy groups -OCH3 is 3. The van der Waals surface area contributed by atoms with Crippen molar-refractivity contribution >= 4 is 11.6 Å². The first-order valence-electron chi connectivity index (χ1n) is 6.91. The maximum absolute atomic E-state index is 13.3. The van der Waals surface area contributed by atoms with Gasteiger partial charge in [0.25, 0.3) is 0 Å². The molecule has 0 heterocycles. The lowest BCUT2D eigenvalue weighted by Crippen LogP contribution is -2.15. The first-order chi connectivity index (χ1) is 11.1. The van der Waals surface area contributed by atoms with E-state index < -0.39 is 5.82 Å². The second-order valence-electron chi connectivity index (χ2n) is 4.75. The molecule has 2 aromatic rings. The van der Waals surface area contributed by atoms with E-state index in [0.29, 0.717) is 28.5 Å². The number of ether oxygens (including phenoxy) is 3. The fraction of sp³-hybridized carbons (Fsp3) is 0.235. The van der Waals surface area contributed by atoms with Gasteiger partial charge in [0.1, 0.15) is 23.1 Å². The molecule has 122 valence electrons. The second kappa shape index (κ2) is 7.49. The van der Waals surface area contributed by atoms with E-state index in [-0.39, 0.29) is 12.3 Å². The smallest absolute Gasteiger partial charge is 0.229 e. The molecular formula is C17H18FNO4. The van der Waals surface area contributed by atoms with Crippen LogP contribution in [0.4, 0.5) is 10.1 Å². The zero-order valence-corrected chi connectivity index (χ0v) is 13.2. The first kappa shape index (κ1) is 16.6. The van der Waals surface area contributed by atoms with Gasteiger partial charge in [0.05, 0.1) is 33.4 Å². The van der Waals surface area contributed by atoms with Crippen molar-refractivity contribution in [1.29, 1.82) is 0 Å². The van der Waals surface area contributed by atoms with Crippen LogP contribution in [0.2, 0.25) is 0 Å². The Morgan fingerprint density at radius 1 is 1.00 bits per heavy atom. The van der Waals surface area contributed by atoms with E-state index in [0.717, 1.165) is 0 Å². The number of benzene rings is 2. The Labute approximate surface area is 134 Å². The van der Waals surface area contributed by atoms with Gasteiger partial charge in [-0.25, -0.2) is 4.39 Å². The van der Waals surface area contributed by atoms with Gasteiger partial charge >= 0.3 is 0 Å². The summed E-state index contributed by atoms with van der Waals surface area (Å²) in [6.07, 6.45) is -0.0177. The molecule has 0 saturated heterocycles. The average Bonchev–Trinajstić information content (AvgIpc) is 2.55. The lowest BCUT2D eigenvalue weighted by molar-refractivity contribution is -0.115. The summed E-state index contributed by atoms with van der Waals surface area (Å²) in [5.41, 5.74) is 0.978. The number of amides is 1. The van der Waals surface area contributed by atoms with E-state index in [1.165, 1.54) is 32.4 Å². The first-order valence-corrected chi connectivity index (χ1v) is 6.91. The molecule has 2 aromatic carbocycles. The summed E-state index contributed by atoms with van der Waals surface area (Å²) in [5.74, 6) is 0.826. The second-order valence-corrected chi connectivity index (χ2v) is 4.75. The fourth-order valence-electron chi connectivity index (χ4n) is 2.15. The Kier molecular flexibility index (Phi) is 5.41. The minimum atomic E-state index is -0.421. The SMILES string of the molecule is COc1ccc(NC(=O)Cc2cc(F)ccc2OC)c(OC)c1. The number of anilines is 1. The molecule has 1 N–H and O–H groups in total. The number of carbonyl (C=O) groups is 1. The number of halogens is 1. The quantitative estimate of drug-likeness (QED) is 0.889. The summed E-state index contributed by atoms with van der Waals surface area (Å²) in [4.78, 5) is 12.2. The Morgan fingerprint density at radius 3 is 2.39 bits per heavy atom. The Balaban J connectivity index is 2.15. The monoisotopic (exact) mass is 319 g/mol. The van der Waals surface area contributed by atoms with Crippen molar-refractivity contribution in [2.75, 3.05) is 26.6 Å². The molecule has 0 radical (unpaired) electrons. The van der Waals surface area contributed by atoms with Crippen LogP contribution >= 0.6 is 0 Å². The number of rotatable bonds is 6. The molecule has 0 aliphatic rings. The van der Waals surface area contributed by atoms with Crippen LogP contribution in [-0.4, -0.2) is 27.2 Å². The number of carbonyl (C=O) groups excluding carboxylic acids is 1. The molecular weight excluding hydrogens is 301 g/mol. The minimum Gasteiger partial charge on any atom is -0.497 e. The lowest BCUT2D eigenvalue weighted by Gasteiger charge is -2.12. The van der Waals surface area contributed by atoms with E-state index in [1.807, 2.05) is 0 Å². The molecule has 5 nitrogen and oxygen atoms in total. The molecule has 0 aliphatic heterocycles. The van der Waals surface area contributed by atoms with Crippen LogP contribution < -0.4 is 19.5 Å². The highest BCUT2D eigenvalue weighted by molar-refractivity contribution is 5.94. The van der Waals surface area contributed by atoms with Crippen LogP contribution in [0.15, 0.2) is 36.4 Å². The third-order valence-electron chi connectivity index (χ3n) is 3.28. The van der Waals surface area contributed by atoms with Crippen LogP contribution in [-0.2, 0) is 11.2 Å². The van der Waals surface area contributed by atoms with Crippen LogP contribution in [0, 0.1) is 5.82 Å². The molecule has 2 rings (SSSR count). The maximum Gasteiger partial charge on any atom is 0.229 e. The van der Waals surface area contributed by atoms with E-state index in [9.17, 15) is 9.18 Å². The standard InChI is InChI=1S/C17H18FNO4/c1-21-13-5-6-14(16(10-13)23-3)19-17(20)9-11-8-12(18)4-7-15(11)22-2/h4-8,10H,9H2,1-3H3,(H,19,20). The summed E-state index contributed by atoms with van der Waals surface area (Å²) in [6, 6.07) is 9.11. The van der Waals surface area contributed by atoms with E-state index in [4.69, 9.17) is 14.2 Å². The van der Waals surface area contributed by atoms with Gasteiger partial charge in [0.15, 0.2) is 0 Å². The topological polar surface area (TPSA) is 56.8 Å². The van der Waals surface area contributed by atoms with E-state index in [2.05, 4.69) is 5.32 Å². The van der Waals surface area contributed by atoms with Gasteiger partial charge in [-0.05, 0) is 30.3 Å². The summed E-state index contributed by atoms with van der Waals surface area (Å²) in [7, 11) is 4.52.